The Morgan fingerprint density at radius 1 is 0.184 bits per heavy atom. The largest absolute Gasteiger partial charge is 0.292 e. The highest BCUT2D eigenvalue weighted by atomic mass is 15.2. The van der Waals surface area contributed by atoms with E-state index in [2.05, 4.69) is 328 Å². The fourth-order valence-electron chi connectivity index (χ4n) is 18.1. The summed E-state index contributed by atoms with van der Waals surface area (Å²) < 4.78 is 6.57. The lowest BCUT2D eigenvalue weighted by Gasteiger charge is -2.19. The highest BCUT2D eigenvalue weighted by Gasteiger charge is 2.24. The van der Waals surface area contributed by atoms with Gasteiger partial charge in [-0.2, -0.15) is 19.9 Å². The minimum atomic E-state index is 0.595. The lowest BCUT2D eigenvalue weighted by Crippen LogP contribution is -2.06. The predicted octanol–water partition coefficient (Wildman–Crippen LogP) is 28.6. The summed E-state index contributed by atoms with van der Waals surface area (Å²) in [6.07, 6.45) is 3.75. The van der Waals surface area contributed by atoms with E-state index < -0.39 is 0 Å². The summed E-state index contributed by atoms with van der Waals surface area (Å²) in [7, 11) is 0. The number of fused-ring (bicyclic) bond motifs is 14. The molecule has 0 saturated heterocycles. The summed E-state index contributed by atoms with van der Waals surface area (Å²) in [6, 6.07) is 151. The zero-order valence-corrected chi connectivity index (χ0v) is 67.6. The van der Waals surface area contributed by atoms with Gasteiger partial charge < -0.3 is 0 Å². The van der Waals surface area contributed by atoms with Gasteiger partial charge in [0.05, 0.1) is 33.1 Å². The Hall–Kier alpha value is -17.0. The van der Waals surface area contributed by atoms with Crippen LogP contribution < -0.4 is 0 Å². The maximum absolute atomic E-state index is 5.12. The first-order valence-electron chi connectivity index (χ1n) is 42.0. The molecule has 0 aliphatic rings. The van der Waals surface area contributed by atoms with Crippen LogP contribution in [0.4, 0.5) is 0 Å². The maximum Gasteiger partial charge on any atom is 0.238 e. The van der Waals surface area contributed by atoms with Crippen molar-refractivity contribution in [3.8, 4) is 108 Å². The summed E-state index contributed by atoms with van der Waals surface area (Å²) in [5.74, 6) is 4.73. The van der Waals surface area contributed by atoms with Gasteiger partial charge in [0.25, 0.3) is 0 Å². The molecule has 0 bridgehead atoms. The van der Waals surface area contributed by atoms with Crippen LogP contribution in [-0.4, -0.2) is 53.6 Å². The van der Waals surface area contributed by atoms with Crippen molar-refractivity contribution in [2.24, 2.45) is 0 Å². The summed E-state index contributed by atoms with van der Waals surface area (Å²) in [6.45, 7) is 0. The molecular formula is C114H73N11. The topological polar surface area (TPSA) is 118 Å². The lowest BCUT2D eigenvalue weighted by atomic mass is 9.84. The molecule has 0 fully saturated rings. The lowest BCUT2D eigenvalue weighted by molar-refractivity contribution is 0.953. The normalized spacial score (nSPS) is 11.5. The SMILES string of the molecule is c1ccc(-c2nc(-c3ccccc3)nc(-n3c4ccccc4c4c5ccncc5ccc43)n2)cc1.c1ccc(-c2nc(-c3ccccc3)nc(-n3c4ccccc4c4cc5ccccc5cc43)n2)cc1.c1ccc(-n2c(-c3ccc(-c4ccc5c(-c6ccc7ccccc7c6)c6ccccc6c(-c6ccc7ccccc7c6)c5c4)cc3)nc3ccccc32)cc1. The number of hydrogen-bond donors (Lipinski definition) is 0. The first-order chi connectivity index (χ1) is 62.0. The first-order valence-corrected chi connectivity index (χ1v) is 42.0. The van der Waals surface area contributed by atoms with Crippen LogP contribution in [0.25, 0.3) is 227 Å². The molecule has 6 aromatic heterocycles. The van der Waals surface area contributed by atoms with E-state index in [0.717, 1.165) is 94.2 Å². The second-order valence-corrected chi connectivity index (χ2v) is 31.4. The Labute approximate surface area is 719 Å². The molecule has 11 nitrogen and oxygen atoms in total. The van der Waals surface area contributed by atoms with Gasteiger partial charge in [-0.05, 0) is 171 Å². The molecule has 0 unspecified atom stereocenters. The molecule has 0 radical (unpaired) electrons. The van der Waals surface area contributed by atoms with Crippen molar-refractivity contribution in [3.63, 3.8) is 0 Å². The second kappa shape index (κ2) is 31.3. The monoisotopic (exact) mass is 1600 g/mol. The van der Waals surface area contributed by atoms with Crippen LogP contribution in [-0.2, 0) is 0 Å². The van der Waals surface area contributed by atoms with E-state index in [4.69, 9.17) is 34.9 Å². The van der Waals surface area contributed by atoms with E-state index in [0.29, 0.717) is 35.2 Å². The third-order valence-corrected chi connectivity index (χ3v) is 23.9. The van der Waals surface area contributed by atoms with Crippen LogP contribution in [0.1, 0.15) is 0 Å². The summed E-state index contributed by atoms with van der Waals surface area (Å²) in [5.41, 5.74) is 19.6. The number of nitrogens with zero attached hydrogens (tertiary/aromatic N) is 11. The molecule has 11 heteroatoms. The number of pyridine rings is 1. The van der Waals surface area contributed by atoms with Crippen molar-refractivity contribution >= 4 is 119 Å². The van der Waals surface area contributed by atoms with Crippen molar-refractivity contribution in [3.05, 3.63) is 443 Å². The molecule has 0 aliphatic carbocycles. The fraction of sp³-hybridized carbons (Fsp3) is 0. The summed E-state index contributed by atoms with van der Waals surface area (Å²) in [4.78, 5) is 39.1. The molecule has 6 heterocycles. The molecule has 0 spiro atoms. The molecule has 25 aromatic rings. The van der Waals surface area contributed by atoms with E-state index >= 15 is 0 Å². The molecule has 0 saturated carbocycles. The van der Waals surface area contributed by atoms with E-state index in [1.54, 1.807) is 0 Å². The Morgan fingerprint density at radius 3 is 1.14 bits per heavy atom. The minimum absolute atomic E-state index is 0.595. The zero-order chi connectivity index (χ0) is 82.7. The van der Waals surface area contributed by atoms with Crippen LogP contribution in [0.2, 0.25) is 0 Å². The molecule has 584 valence electrons. The van der Waals surface area contributed by atoms with Crippen molar-refractivity contribution in [2.75, 3.05) is 0 Å². The van der Waals surface area contributed by atoms with Gasteiger partial charge in [0.2, 0.25) is 11.9 Å². The van der Waals surface area contributed by atoms with Crippen molar-refractivity contribution in [2.45, 2.75) is 0 Å². The molecule has 0 N–H and O–H groups in total. The standard InChI is InChI=1S/C53H34N2.C31H20N4.C30H19N5/c1-2-16-44(17-3-1)55-50-21-11-10-20-49(50)54-53(55)38-26-22-37(23-27-38)41-30-31-47-48(34-41)52(43-29-25-36-13-5-7-15-40(36)33-43)46-19-9-8-18-45(46)51(47)42-28-24-35-12-4-6-14-39(35)32-42;1-3-11-21(12-4-1)29-32-30(22-13-5-2-6-14-22)34-31(33-29)35-27-18-10-9-17-25(27)26-19-23-15-7-8-16-24(23)20-28(26)35;1-3-9-20(10-4-1)28-32-29(21-11-5-2-6-12-21)34-30(33-28)35-25-14-8-7-13-24(25)27-23-17-18-31-19-22(23)15-16-26(27)35/h1-34H;1-20H;1-19H. The average Bonchev–Trinajstić information content (AvgIpc) is 1.73. The van der Waals surface area contributed by atoms with E-state index in [1.807, 2.05) is 134 Å². The van der Waals surface area contributed by atoms with Gasteiger partial charge in [-0.1, -0.05) is 352 Å². The number of rotatable bonds is 11. The quantitative estimate of drug-likeness (QED) is 0.118. The third kappa shape index (κ3) is 13.4. The van der Waals surface area contributed by atoms with E-state index in [-0.39, 0.29) is 0 Å². The van der Waals surface area contributed by atoms with Crippen LogP contribution in [0, 0.1) is 0 Å². The highest BCUT2D eigenvalue weighted by molar-refractivity contribution is 6.24. The van der Waals surface area contributed by atoms with E-state index in [1.165, 1.54) is 97.8 Å². The molecular weight excluding hydrogens is 1520 g/mol. The van der Waals surface area contributed by atoms with Crippen LogP contribution >= 0.6 is 0 Å². The van der Waals surface area contributed by atoms with Crippen LogP contribution in [0.15, 0.2) is 443 Å². The second-order valence-electron chi connectivity index (χ2n) is 31.4. The van der Waals surface area contributed by atoms with E-state index in [9.17, 15) is 0 Å². The van der Waals surface area contributed by atoms with Crippen molar-refractivity contribution in [1.82, 2.24) is 53.6 Å². The van der Waals surface area contributed by atoms with Gasteiger partial charge in [-0.3, -0.25) is 18.7 Å². The fourth-order valence-corrected chi connectivity index (χ4v) is 18.1. The summed E-state index contributed by atoms with van der Waals surface area (Å²) in [5, 5.41) is 19.3. The van der Waals surface area contributed by atoms with Gasteiger partial charge in [0, 0.05) is 72.8 Å². The number of benzene rings is 19. The predicted molar refractivity (Wildman–Crippen MR) is 516 cm³/mol. The molecule has 19 aromatic carbocycles. The molecule has 0 amide bonds. The van der Waals surface area contributed by atoms with Crippen molar-refractivity contribution < 1.29 is 0 Å². The van der Waals surface area contributed by atoms with Crippen LogP contribution in [0.3, 0.4) is 0 Å². The van der Waals surface area contributed by atoms with Gasteiger partial charge in [0.15, 0.2) is 23.3 Å². The van der Waals surface area contributed by atoms with Crippen molar-refractivity contribution in [1.29, 1.82) is 0 Å². The smallest absolute Gasteiger partial charge is 0.238 e. The third-order valence-electron chi connectivity index (χ3n) is 23.9. The molecule has 0 atom stereocenters. The Balaban J connectivity index is 0.000000113. The number of hydrogen-bond acceptors (Lipinski definition) is 8. The average molecular weight is 1600 g/mol. The molecule has 0 aliphatic heterocycles. The molecule has 25 rings (SSSR count). The van der Waals surface area contributed by atoms with Gasteiger partial charge in [0.1, 0.15) is 5.82 Å². The number of para-hydroxylation sites is 5. The minimum Gasteiger partial charge on any atom is -0.292 e. The maximum atomic E-state index is 5.12. The Morgan fingerprint density at radius 2 is 0.584 bits per heavy atom. The number of imidazole rings is 1. The van der Waals surface area contributed by atoms with Gasteiger partial charge in [-0.15, -0.1) is 0 Å². The first kappa shape index (κ1) is 73.1. The highest BCUT2D eigenvalue weighted by Crippen LogP contribution is 2.47. The Kier molecular flexibility index (Phi) is 18.3. The summed E-state index contributed by atoms with van der Waals surface area (Å²) >= 11 is 0. The van der Waals surface area contributed by atoms with Gasteiger partial charge >= 0.3 is 0 Å². The molecule has 125 heavy (non-hydrogen) atoms. The Bertz CT molecular complexity index is 8210. The van der Waals surface area contributed by atoms with Gasteiger partial charge in [-0.25, -0.2) is 15.0 Å². The van der Waals surface area contributed by atoms with Crippen LogP contribution in [0.5, 0.6) is 0 Å². The zero-order valence-electron chi connectivity index (χ0n) is 67.6. The number of aromatic nitrogens is 11.